The summed E-state index contributed by atoms with van der Waals surface area (Å²) in [5.74, 6) is 0.885. The van der Waals surface area contributed by atoms with E-state index in [-0.39, 0.29) is 112 Å². The summed E-state index contributed by atoms with van der Waals surface area (Å²) in [5.41, 5.74) is 1.19. The molecule has 18 nitrogen and oxygen atoms in total. The van der Waals surface area contributed by atoms with Crippen LogP contribution in [0.3, 0.4) is 0 Å². The van der Waals surface area contributed by atoms with Gasteiger partial charge in [0.25, 0.3) is 0 Å². The van der Waals surface area contributed by atoms with E-state index in [2.05, 4.69) is 27.7 Å². The zero-order valence-electron chi connectivity index (χ0n) is 54.4. The van der Waals surface area contributed by atoms with Crippen LogP contribution in [0.4, 0.5) is 0 Å². The maximum atomic E-state index is 13.4. The van der Waals surface area contributed by atoms with Gasteiger partial charge in [0, 0.05) is 28.9 Å². The van der Waals surface area contributed by atoms with Gasteiger partial charge in [-0.05, 0) is 209 Å². The maximum absolute atomic E-state index is 13.4. The zero-order chi connectivity index (χ0) is 63.7. The largest absolute Gasteiger partial charge is 1.00 e. The zero-order valence-corrected chi connectivity index (χ0v) is 56.4. The Morgan fingerprint density at radius 1 is 0.527 bits per heavy atom. The molecule has 4 heterocycles. The van der Waals surface area contributed by atoms with Crippen molar-refractivity contribution in [2.24, 2.45) is 74.9 Å². The van der Waals surface area contributed by atoms with E-state index in [1.165, 1.54) is 0 Å². The van der Waals surface area contributed by atoms with Gasteiger partial charge < -0.3 is 68.5 Å². The van der Waals surface area contributed by atoms with Gasteiger partial charge in [-0.25, -0.2) is 19.2 Å². The van der Waals surface area contributed by atoms with Gasteiger partial charge in [-0.2, -0.15) is 7.11 Å². The van der Waals surface area contributed by atoms with Crippen LogP contribution < -0.4 is 34.7 Å². The summed E-state index contributed by atoms with van der Waals surface area (Å²) in [6.45, 7) is 12.3. The molecule has 0 radical (unpaired) electrons. The number of cyclic esters (lactones) is 2. The number of carbonyl (C=O) groups excluding carboxylic acids is 4. The van der Waals surface area contributed by atoms with Gasteiger partial charge in [0.1, 0.15) is 37.6 Å². The van der Waals surface area contributed by atoms with Crippen LogP contribution in [0.25, 0.3) is 0 Å². The standard InChI is InChI=1S/C43H52O9.C28H42O8.CH3O.Na/c1-26-24-49-40(37(52-39(46)28-12-8-5-9-13-28)36(26)51-38(45)27-10-6-4-7-11-27)50-31-16-19-41(2)30(23-31)14-15-34-33(41)17-20-42(3)32(18-21-43(34,42)47)29-22-35(44)48-25-29;1-26-8-5-17(36-25-24(32)23(31)21(29)14-35-25)12-16(26)3-4-20-19(26)6-9-27(2)18(7-10-28(20,27)33)15-11-22(30)34-13-15;1-2;/h4-13,22,26,30-34,36-37,40,47H,14-21,23-25H2,1-3H3;11,16-21,23-25,29,31-33H,3-10,12-14H2,1-2H3;1H3;/q;;-1;+1/t26-,30+,31-,32+,33?,34?,36+,37?,40+,41-,42+,43-;16-,17+,18-,19?,20?,21+,23-,24?,25-,26+,27-,28+;;/m01../s1. The normalized spacial score (nSPS) is 45.2. The number of esters is 4. The van der Waals surface area contributed by atoms with Crippen molar-refractivity contribution in [3.8, 4) is 0 Å². The van der Waals surface area contributed by atoms with Crippen LogP contribution in [-0.2, 0) is 47.5 Å². The first-order valence-electron chi connectivity index (χ1n) is 33.8. The summed E-state index contributed by atoms with van der Waals surface area (Å²) < 4.78 is 47.5. The minimum atomic E-state index is -1.26. The predicted molar refractivity (Wildman–Crippen MR) is 325 cm³/mol. The molecule has 0 amide bonds. The fourth-order valence-corrected chi connectivity index (χ4v) is 21.1. The predicted octanol–water partition coefficient (Wildman–Crippen LogP) is 5.12. The SMILES string of the molecule is C[C@H]1CO[C@H](O[C@H]2CC[C@]3(C)C4CC[C@]5(C)[C@@H](C6=CC(=O)OC6)CC[C@]5(O)C4CC[C@@H]3C2)C(OC(=O)c2ccccc2)[C@@H]1OC(=O)c1ccccc1.C[C@]12CC[C@H](O[C@H]3OC[C@H](O)[C@@H](O)C3O)C[C@H]1CCC1C2CC[C@]2(C)[C@@H](C3=CC(=O)OC3)CC[C@]12O.C[O-].[Na+]. The number of benzene rings is 2. The quantitative estimate of drug-likeness (QED) is 0.0894. The molecule has 0 bridgehead atoms. The summed E-state index contributed by atoms with van der Waals surface area (Å²) in [6.07, 6.45) is 12.9. The third-order valence-electron chi connectivity index (χ3n) is 26.2. The van der Waals surface area contributed by atoms with Gasteiger partial charge in [0.2, 0.25) is 0 Å². The van der Waals surface area contributed by atoms with Crippen molar-refractivity contribution in [2.45, 2.75) is 217 Å². The minimum absolute atomic E-state index is 0. The molecule has 2 aromatic carbocycles. The van der Waals surface area contributed by atoms with Crippen LogP contribution >= 0.6 is 0 Å². The third kappa shape index (κ3) is 12.2. The van der Waals surface area contributed by atoms with Crippen molar-refractivity contribution in [3.63, 3.8) is 0 Å². The van der Waals surface area contributed by atoms with Crippen molar-refractivity contribution in [3.05, 3.63) is 95.1 Å². The Morgan fingerprint density at radius 2 is 0.967 bits per heavy atom. The molecule has 91 heavy (non-hydrogen) atoms. The molecule has 0 spiro atoms. The number of fused-ring (bicyclic) bond motifs is 10. The molecule has 8 saturated carbocycles. The summed E-state index contributed by atoms with van der Waals surface area (Å²) in [6, 6.07) is 17.6. The van der Waals surface area contributed by atoms with E-state index in [1.54, 1.807) is 60.7 Å². The van der Waals surface area contributed by atoms with Crippen LogP contribution in [0.2, 0.25) is 0 Å². The monoisotopic (exact) mass is 1270 g/mol. The van der Waals surface area contributed by atoms with E-state index in [9.17, 15) is 44.7 Å². The van der Waals surface area contributed by atoms with E-state index in [0.29, 0.717) is 54.6 Å². The molecule has 24 atom stereocenters. The number of hydrogen-bond acceptors (Lipinski definition) is 18. The molecular weight excluding hydrogens is 1180 g/mol. The fraction of sp³-hybridized carbons (Fsp3) is 0.722. The molecule has 2 aromatic rings. The summed E-state index contributed by atoms with van der Waals surface area (Å²) in [5, 5.41) is 63.3. The van der Waals surface area contributed by atoms with Gasteiger partial charge in [-0.15, -0.1) is 0 Å². The first kappa shape index (κ1) is 68.8. The number of carbonyl (C=O) groups is 4. The second-order valence-corrected chi connectivity index (χ2v) is 30.0. The molecule has 6 unspecified atom stereocenters. The number of ether oxygens (including phenoxy) is 8. The molecule has 12 aliphatic rings. The van der Waals surface area contributed by atoms with Crippen LogP contribution in [0.1, 0.15) is 171 Å². The molecule has 19 heteroatoms. The second kappa shape index (κ2) is 27.1. The van der Waals surface area contributed by atoms with Gasteiger partial charge >= 0.3 is 53.4 Å². The Hall–Kier alpha value is -3.60. The van der Waals surface area contributed by atoms with Gasteiger partial charge in [-0.1, -0.05) is 71.0 Å². The molecule has 494 valence electrons. The van der Waals surface area contributed by atoms with E-state index >= 15 is 0 Å². The smallest absolute Gasteiger partial charge is 0.857 e. The van der Waals surface area contributed by atoms with Crippen molar-refractivity contribution in [2.75, 3.05) is 33.5 Å². The molecule has 0 aromatic heterocycles. The fourth-order valence-electron chi connectivity index (χ4n) is 21.1. The number of aliphatic hydroxyl groups excluding tert-OH is 3. The molecule has 5 N–H and O–H groups in total. The van der Waals surface area contributed by atoms with E-state index < -0.39 is 66.2 Å². The van der Waals surface area contributed by atoms with Crippen molar-refractivity contribution < 1.29 is 117 Å². The summed E-state index contributed by atoms with van der Waals surface area (Å²) >= 11 is 0. The van der Waals surface area contributed by atoms with Gasteiger partial charge in [0.15, 0.2) is 18.7 Å². The van der Waals surface area contributed by atoms with Gasteiger partial charge in [0.05, 0.1) is 47.8 Å². The van der Waals surface area contributed by atoms with Crippen LogP contribution in [0, 0.1) is 74.9 Å². The average molecular weight is 1270 g/mol. The maximum Gasteiger partial charge on any atom is 1.00 e. The van der Waals surface area contributed by atoms with Crippen molar-refractivity contribution in [1.29, 1.82) is 0 Å². The van der Waals surface area contributed by atoms with Crippen molar-refractivity contribution in [1.82, 2.24) is 0 Å². The number of hydrogen-bond donors (Lipinski definition) is 5. The van der Waals surface area contributed by atoms with E-state index in [4.69, 9.17) is 43.0 Å². The second-order valence-electron chi connectivity index (χ2n) is 30.0. The van der Waals surface area contributed by atoms with Crippen molar-refractivity contribution >= 4 is 23.9 Å². The minimum Gasteiger partial charge on any atom is -0.857 e. The Bertz CT molecular complexity index is 3000. The third-order valence-corrected chi connectivity index (χ3v) is 26.2. The summed E-state index contributed by atoms with van der Waals surface area (Å²) in [7, 11) is 0.750. The Kier molecular flexibility index (Phi) is 20.5. The first-order chi connectivity index (χ1) is 43.1. The molecule has 2 saturated heterocycles. The molecule has 14 rings (SSSR count). The molecule has 10 fully saturated rings. The van der Waals surface area contributed by atoms with Gasteiger partial charge in [-0.3, -0.25) is 0 Å². The van der Waals surface area contributed by atoms with Crippen LogP contribution in [0.15, 0.2) is 84.0 Å². The van der Waals surface area contributed by atoms with Crippen LogP contribution in [-0.4, -0.2) is 149 Å². The molecule has 4 aliphatic heterocycles. The Balaban J connectivity index is 0.000000191. The topological polar surface area (TPSA) is 266 Å². The molecule has 8 aliphatic carbocycles. The molecular formula is C72H97NaO18. The Labute approximate surface area is 558 Å². The first-order valence-corrected chi connectivity index (χ1v) is 33.8. The Morgan fingerprint density at radius 3 is 1.42 bits per heavy atom. The van der Waals surface area contributed by atoms with Crippen LogP contribution in [0.5, 0.6) is 0 Å². The average Bonchev–Trinajstić information content (AvgIpc) is 1.66. The number of rotatable bonds is 10. The number of aliphatic hydroxyl groups is 5. The van der Waals surface area contributed by atoms with E-state index in [1.807, 2.05) is 19.1 Å². The summed E-state index contributed by atoms with van der Waals surface area (Å²) in [4.78, 5) is 50.5. The van der Waals surface area contributed by atoms with E-state index in [0.717, 1.165) is 134 Å².